The van der Waals surface area contributed by atoms with E-state index in [0.717, 1.165) is 23.2 Å². The van der Waals surface area contributed by atoms with Gasteiger partial charge in [-0.3, -0.25) is 4.98 Å². The number of hydrogen-bond acceptors (Lipinski definition) is 5. The average Bonchev–Trinajstić information content (AvgIpc) is 2.68. The van der Waals surface area contributed by atoms with E-state index in [4.69, 9.17) is 0 Å². The van der Waals surface area contributed by atoms with Crippen molar-refractivity contribution in [3.63, 3.8) is 0 Å². The van der Waals surface area contributed by atoms with Gasteiger partial charge in [-0.15, -0.1) is 0 Å². The highest BCUT2D eigenvalue weighted by Crippen LogP contribution is 2.12. The Morgan fingerprint density at radius 2 is 2.33 bits per heavy atom. The molecule has 15 heavy (non-hydrogen) atoms. The summed E-state index contributed by atoms with van der Waals surface area (Å²) in [6.45, 7) is 2.91. The van der Waals surface area contributed by atoms with Crippen LogP contribution < -0.4 is 5.32 Å². The lowest BCUT2D eigenvalue weighted by molar-refractivity contribution is 0.982. The molecule has 0 spiro atoms. The van der Waals surface area contributed by atoms with Crippen LogP contribution in [-0.2, 0) is 6.42 Å². The summed E-state index contributed by atoms with van der Waals surface area (Å²) in [4.78, 5) is 8.59. The standard InChI is InChI=1S/C10H12N4S/c1-2-11-10-13-9(14-15-10)7-8-5-3-4-6-12-8/h3-6H,2,7H2,1H3,(H,11,13,14). The maximum Gasteiger partial charge on any atom is 0.202 e. The highest BCUT2D eigenvalue weighted by molar-refractivity contribution is 7.09. The Labute approximate surface area is 92.6 Å². The summed E-state index contributed by atoms with van der Waals surface area (Å²) >= 11 is 1.39. The van der Waals surface area contributed by atoms with Crippen molar-refractivity contribution in [2.45, 2.75) is 13.3 Å². The summed E-state index contributed by atoms with van der Waals surface area (Å²) < 4.78 is 4.26. The number of pyridine rings is 1. The van der Waals surface area contributed by atoms with E-state index in [-0.39, 0.29) is 0 Å². The molecule has 0 atom stereocenters. The quantitative estimate of drug-likeness (QED) is 0.855. The molecule has 0 aliphatic carbocycles. The third-order valence-electron chi connectivity index (χ3n) is 1.86. The maximum absolute atomic E-state index is 4.35. The number of hydrogen-bond donors (Lipinski definition) is 1. The molecule has 1 N–H and O–H groups in total. The lowest BCUT2D eigenvalue weighted by Crippen LogP contribution is -1.97. The summed E-state index contributed by atoms with van der Waals surface area (Å²) in [6.07, 6.45) is 2.48. The topological polar surface area (TPSA) is 50.7 Å². The van der Waals surface area contributed by atoms with E-state index in [1.54, 1.807) is 6.20 Å². The van der Waals surface area contributed by atoms with Crippen molar-refractivity contribution in [2.75, 3.05) is 11.9 Å². The Morgan fingerprint density at radius 1 is 1.40 bits per heavy atom. The molecule has 4 nitrogen and oxygen atoms in total. The molecule has 0 saturated heterocycles. The zero-order valence-corrected chi connectivity index (χ0v) is 9.29. The first kappa shape index (κ1) is 10.0. The van der Waals surface area contributed by atoms with Gasteiger partial charge >= 0.3 is 0 Å². The zero-order valence-electron chi connectivity index (χ0n) is 8.47. The van der Waals surface area contributed by atoms with Gasteiger partial charge in [-0.2, -0.15) is 4.37 Å². The van der Waals surface area contributed by atoms with Gasteiger partial charge in [0.05, 0.1) is 6.42 Å². The van der Waals surface area contributed by atoms with E-state index < -0.39 is 0 Å². The zero-order chi connectivity index (χ0) is 10.5. The van der Waals surface area contributed by atoms with Crippen LogP contribution in [0.4, 0.5) is 5.13 Å². The van der Waals surface area contributed by atoms with E-state index in [9.17, 15) is 0 Å². The number of aromatic nitrogens is 3. The molecule has 0 radical (unpaired) electrons. The van der Waals surface area contributed by atoms with Crippen LogP contribution in [0.3, 0.4) is 0 Å². The Bertz CT molecular complexity index is 412. The minimum absolute atomic E-state index is 0.697. The van der Waals surface area contributed by atoms with E-state index in [0.29, 0.717) is 6.42 Å². The molecule has 78 valence electrons. The number of rotatable bonds is 4. The molecule has 0 fully saturated rings. The molecule has 2 aromatic heterocycles. The fraction of sp³-hybridized carbons (Fsp3) is 0.300. The molecular weight excluding hydrogens is 208 g/mol. The predicted molar refractivity (Wildman–Crippen MR) is 61.1 cm³/mol. The van der Waals surface area contributed by atoms with Crippen molar-refractivity contribution in [1.82, 2.24) is 14.3 Å². The maximum atomic E-state index is 4.35. The first-order chi connectivity index (χ1) is 7.38. The summed E-state index contributed by atoms with van der Waals surface area (Å²) in [7, 11) is 0. The second-order valence-corrected chi connectivity index (χ2v) is 3.80. The van der Waals surface area contributed by atoms with Gasteiger partial charge in [-0.1, -0.05) is 6.07 Å². The molecule has 0 saturated carbocycles. The lowest BCUT2D eigenvalue weighted by Gasteiger charge is -1.95. The molecular formula is C10H12N4S. The molecule has 2 rings (SSSR count). The van der Waals surface area contributed by atoms with Crippen molar-refractivity contribution in [2.24, 2.45) is 0 Å². The van der Waals surface area contributed by atoms with E-state index >= 15 is 0 Å². The molecule has 0 unspecified atom stereocenters. The molecule has 0 amide bonds. The first-order valence-corrected chi connectivity index (χ1v) is 5.62. The Kier molecular flexibility index (Phi) is 3.24. The molecule has 2 aromatic rings. The van der Waals surface area contributed by atoms with Crippen LogP contribution in [0.2, 0.25) is 0 Å². The Morgan fingerprint density at radius 3 is 3.07 bits per heavy atom. The fourth-order valence-corrected chi connectivity index (χ4v) is 1.87. The smallest absolute Gasteiger partial charge is 0.202 e. The Balaban J connectivity index is 2.05. The van der Waals surface area contributed by atoms with Crippen LogP contribution in [-0.4, -0.2) is 20.9 Å². The summed E-state index contributed by atoms with van der Waals surface area (Å²) in [6, 6.07) is 5.86. The van der Waals surface area contributed by atoms with Gasteiger partial charge in [0.2, 0.25) is 5.13 Å². The summed E-state index contributed by atoms with van der Waals surface area (Å²) in [5.41, 5.74) is 0.998. The number of nitrogens with zero attached hydrogens (tertiary/aromatic N) is 3. The second kappa shape index (κ2) is 4.84. The molecule has 0 aliphatic rings. The van der Waals surface area contributed by atoms with Crippen molar-refractivity contribution in [1.29, 1.82) is 0 Å². The van der Waals surface area contributed by atoms with E-state index in [2.05, 4.69) is 19.7 Å². The summed E-state index contributed by atoms with van der Waals surface area (Å²) in [5, 5.41) is 4.02. The monoisotopic (exact) mass is 220 g/mol. The van der Waals surface area contributed by atoms with Crippen LogP contribution in [0, 0.1) is 0 Å². The highest BCUT2D eigenvalue weighted by Gasteiger charge is 2.04. The molecule has 0 bridgehead atoms. The van der Waals surface area contributed by atoms with Gasteiger partial charge in [-0.25, -0.2) is 4.98 Å². The van der Waals surface area contributed by atoms with Crippen LogP contribution >= 0.6 is 11.5 Å². The minimum atomic E-state index is 0.697. The SMILES string of the molecule is CCNc1nc(Cc2ccccn2)ns1. The van der Waals surface area contributed by atoms with Crippen LogP contribution in [0.25, 0.3) is 0 Å². The van der Waals surface area contributed by atoms with Crippen molar-refractivity contribution < 1.29 is 0 Å². The van der Waals surface area contributed by atoms with Crippen LogP contribution in [0.5, 0.6) is 0 Å². The minimum Gasteiger partial charge on any atom is -0.361 e. The molecule has 2 heterocycles. The average molecular weight is 220 g/mol. The van der Waals surface area contributed by atoms with Crippen LogP contribution in [0.15, 0.2) is 24.4 Å². The fourth-order valence-electron chi connectivity index (χ4n) is 1.21. The van der Waals surface area contributed by atoms with Crippen molar-refractivity contribution in [3.05, 3.63) is 35.9 Å². The van der Waals surface area contributed by atoms with Gasteiger partial charge in [0.15, 0.2) is 5.82 Å². The van der Waals surface area contributed by atoms with Gasteiger partial charge in [0, 0.05) is 30.0 Å². The van der Waals surface area contributed by atoms with Gasteiger partial charge in [-0.05, 0) is 19.1 Å². The third-order valence-corrected chi connectivity index (χ3v) is 2.57. The van der Waals surface area contributed by atoms with Crippen LogP contribution in [0.1, 0.15) is 18.4 Å². The predicted octanol–water partition coefficient (Wildman–Crippen LogP) is 1.96. The Hall–Kier alpha value is -1.49. The third kappa shape index (κ3) is 2.73. The van der Waals surface area contributed by atoms with Crippen molar-refractivity contribution >= 4 is 16.7 Å². The number of anilines is 1. The van der Waals surface area contributed by atoms with Crippen molar-refractivity contribution in [3.8, 4) is 0 Å². The molecule has 0 aromatic carbocycles. The van der Waals surface area contributed by atoms with E-state index in [1.807, 2.05) is 25.1 Å². The highest BCUT2D eigenvalue weighted by atomic mass is 32.1. The number of nitrogens with one attached hydrogen (secondary N) is 1. The lowest BCUT2D eigenvalue weighted by atomic mass is 10.3. The normalized spacial score (nSPS) is 10.2. The summed E-state index contributed by atoms with van der Waals surface area (Å²) in [5.74, 6) is 0.828. The first-order valence-electron chi connectivity index (χ1n) is 4.85. The van der Waals surface area contributed by atoms with E-state index in [1.165, 1.54) is 11.5 Å². The van der Waals surface area contributed by atoms with Gasteiger partial charge in [0.1, 0.15) is 0 Å². The largest absolute Gasteiger partial charge is 0.361 e. The van der Waals surface area contributed by atoms with Gasteiger partial charge in [0.25, 0.3) is 0 Å². The second-order valence-electron chi connectivity index (χ2n) is 3.04. The molecule has 5 heteroatoms. The van der Waals surface area contributed by atoms with Gasteiger partial charge < -0.3 is 5.32 Å². The molecule has 0 aliphatic heterocycles.